The van der Waals surface area contributed by atoms with Crippen LogP contribution in [0.2, 0.25) is 0 Å². The van der Waals surface area contributed by atoms with E-state index in [9.17, 15) is 0 Å². The molecule has 0 atom stereocenters. The Morgan fingerprint density at radius 1 is 1.35 bits per heavy atom. The van der Waals surface area contributed by atoms with Crippen molar-refractivity contribution in [1.82, 2.24) is 4.90 Å². The Kier molecular flexibility index (Phi) is 3.06. The summed E-state index contributed by atoms with van der Waals surface area (Å²) in [5.41, 5.74) is 4.45. The van der Waals surface area contributed by atoms with Crippen LogP contribution >= 0.6 is 0 Å². The van der Waals surface area contributed by atoms with Crippen LogP contribution in [0.5, 0.6) is 0 Å². The molecule has 3 rings (SSSR count). The zero-order valence-electron chi connectivity index (χ0n) is 10.7. The van der Waals surface area contributed by atoms with Crippen molar-refractivity contribution in [3.8, 4) is 0 Å². The first-order chi connectivity index (χ1) is 8.33. The lowest BCUT2D eigenvalue weighted by molar-refractivity contribution is 0.312. The summed E-state index contributed by atoms with van der Waals surface area (Å²) in [6.07, 6.45) is 5.41. The highest BCUT2D eigenvalue weighted by atomic mass is 15.1. The third-order valence-electron chi connectivity index (χ3n) is 3.90. The van der Waals surface area contributed by atoms with Crippen LogP contribution in [-0.4, -0.2) is 25.0 Å². The molecule has 2 heteroatoms. The van der Waals surface area contributed by atoms with Crippen LogP contribution in [-0.2, 0) is 13.0 Å². The van der Waals surface area contributed by atoms with Gasteiger partial charge in [0.05, 0.1) is 0 Å². The van der Waals surface area contributed by atoms with Crippen LogP contribution in [0.25, 0.3) is 0 Å². The number of hydrogen-bond acceptors (Lipinski definition) is 2. The maximum Gasteiger partial charge on any atom is 0.0375 e. The number of nitrogens with zero attached hydrogens (tertiary/aromatic N) is 1. The maximum absolute atomic E-state index is 3.51. The van der Waals surface area contributed by atoms with Gasteiger partial charge >= 0.3 is 0 Å². The molecule has 92 valence electrons. The second kappa shape index (κ2) is 4.69. The van der Waals surface area contributed by atoms with E-state index in [0.29, 0.717) is 0 Å². The molecule has 1 heterocycles. The first-order valence-electron chi connectivity index (χ1n) is 6.86. The number of rotatable bonds is 4. The fourth-order valence-electron chi connectivity index (χ4n) is 2.83. The highest BCUT2D eigenvalue weighted by Crippen LogP contribution is 2.31. The lowest BCUT2D eigenvalue weighted by Gasteiger charge is -2.24. The van der Waals surface area contributed by atoms with E-state index in [1.165, 1.54) is 43.5 Å². The fourth-order valence-corrected chi connectivity index (χ4v) is 2.83. The van der Waals surface area contributed by atoms with Crippen LogP contribution in [0.3, 0.4) is 0 Å². The van der Waals surface area contributed by atoms with Crippen molar-refractivity contribution in [3.63, 3.8) is 0 Å². The molecule has 0 aromatic heterocycles. The van der Waals surface area contributed by atoms with Crippen molar-refractivity contribution >= 4 is 5.69 Å². The van der Waals surface area contributed by atoms with Crippen molar-refractivity contribution in [2.24, 2.45) is 5.92 Å². The van der Waals surface area contributed by atoms with E-state index in [1.807, 2.05) is 0 Å². The lowest BCUT2D eigenvalue weighted by Crippen LogP contribution is -2.22. The van der Waals surface area contributed by atoms with Gasteiger partial charge in [-0.3, -0.25) is 0 Å². The Balaban J connectivity index is 1.72. The van der Waals surface area contributed by atoms with Gasteiger partial charge in [-0.15, -0.1) is 0 Å². The van der Waals surface area contributed by atoms with Gasteiger partial charge in [0.25, 0.3) is 0 Å². The molecule has 1 aliphatic heterocycles. The van der Waals surface area contributed by atoms with Gasteiger partial charge in [-0.05, 0) is 55.8 Å². The number of nitrogens with one attached hydrogen (secondary N) is 1. The van der Waals surface area contributed by atoms with Crippen molar-refractivity contribution in [3.05, 3.63) is 29.3 Å². The summed E-state index contributed by atoms with van der Waals surface area (Å²) < 4.78 is 0. The smallest absolute Gasteiger partial charge is 0.0375 e. The summed E-state index contributed by atoms with van der Waals surface area (Å²) in [5, 5.41) is 3.51. The second-order valence-corrected chi connectivity index (χ2v) is 5.61. The van der Waals surface area contributed by atoms with Crippen molar-refractivity contribution in [2.45, 2.75) is 32.2 Å². The van der Waals surface area contributed by atoms with E-state index in [0.717, 1.165) is 19.0 Å². The number of hydrogen-bond donors (Lipinski definition) is 1. The third kappa shape index (κ3) is 2.63. The zero-order valence-corrected chi connectivity index (χ0v) is 10.7. The van der Waals surface area contributed by atoms with Gasteiger partial charge in [0.1, 0.15) is 0 Å². The van der Waals surface area contributed by atoms with E-state index >= 15 is 0 Å². The van der Waals surface area contributed by atoms with Gasteiger partial charge in [-0.25, -0.2) is 0 Å². The van der Waals surface area contributed by atoms with Crippen molar-refractivity contribution in [1.29, 1.82) is 0 Å². The van der Waals surface area contributed by atoms with Crippen LogP contribution in [0, 0.1) is 5.92 Å². The van der Waals surface area contributed by atoms with Gasteiger partial charge in [0.2, 0.25) is 0 Å². The van der Waals surface area contributed by atoms with Crippen molar-refractivity contribution < 1.29 is 0 Å². The quantitative estimate of drug-likeness (QED) is 0.855. The Morgan fingerprint density at radius 3 is 3.06 bits per heavy atom. The fraction of sp³-hybridized carbons (Fsp3) is 0.600. The average molecular weight is 230 g/mol. The molecule has 0 spiro atoms. The summed E-state index contributed by atoms with van der Waals surface area (Å²) in [4.78, 5) is 2.49. The summed E-state index contributed by atoms with van der Waals surface area (Å²) >= 11 is 0. The van der Waals surface area contributed by atoms with Crippen LogP contribution in [0.1, 0.15) is 30.4 Å². The largest absolute Gasteiger partial charge is 0.385 e. The first-order valence-corrected chi connectivity index (χ1v) is 6.86. The minimum absolute atomic E-state index is 0.984. The van der Waals surface area contributed by atoms with E-state index in [4.69, 9.17) is 0 Å². The molecule has 1 aromatic carbocycles. The Labute approximate surface area is 104 Å². The molecular weight excluding hydrogens is 208 g/mol. The average Bonchev–Trinajstić information content (AvgIpc) is 3.13. The molecule has 1 fully saturated rings. The highest BCUT2D eigenvalue weighted by Gasteiger charge is 2.23. The van der Waals surface area contributed by atoms with Gasteiger partial charge in [-0.1, -0.05) is 12.1 Å². The maximum atomic E-state index is 3.51. The summed E-state index contributed by atoms with van der Waals surface area (Å²) in [6, 6.07) is 6.71. The predicted octanol–water partition coefficient (Wildman–Crippen LogP) is 2.89. The van der Waals surface area contributed by atoms with Gasteiger partial charge < -0.3 is 10.2 Å². The second-order valence-electron chi connectivity index (χ2n) is 5.61. The molecule has 0 radical (unpaired) electrons. The molecule has 1 N–H and O–H groups in total. The van der Waals surface area contributed by atoms with E-state index in [1.54, 1.807) is 5.56 Å². The Morgan fingerprint density at radius 2 is 2.24 bits per heavy atom. The molecule has 0 unspecified atom stereocenters. The van der Waals surface area contributed by atoms with Crippen molar-refractivity contribution in [2.75, 3.05) is 25.5 Å². The van der Waals surface area contributed by atoms with Crippen LogP contribution < -0.4 is 5.32 Å². The highest BCUT2D eigenvalue weighted by molar-refractivity contribution is 5.56. The van der Waals surface area contributed by atoms with Crippen LogP contribution in [0.15, 0.2) is 18.2 Å². The van der Waals surface area contributed by atoms with Gasteiger partial charge in [-0.2, -0.15) is 0 Å². The lowest BCUT2D eigenvalue weighted by atomic mass is 9.97. The molecule has 2 aliphatic rings. The van der Waals surface area contributed by atoms with Gasteiger partial charge in [0.15, 0.2) is 0 Å². The normalized spacial score (nSPS) is 18.9. The molecule has 1 aliphatic carbocycles. The predicted molar refractivity (Wildman–Crippen MR) is 72.3 cm³/mol. The zero-order chi connectivity index (χ0) is 11.7. The van der Waals surface area contributed by atoms with Gasteiger partial charge in [0, 0.05) is 25.3 Å². The summed E-state index contributed by atoms with van der Waals surface area (Å²) in [7, 11) is 2.26. The number of anilines is 1. The Hall–Kier alpha value is -1.02. The molecule has 2 nitrogen and oxygen atoms in total. The topological polar surface area (TPSA) is 15.3 Å². The number of fused-ring (bicyclic) bond motifs is 1. The SMILES string of the molecule is CN(Cc1cccc2c1CCCN2)CC1CC1. The Bertz CT molecular complexity index is 396. The summed E-state index contributed by atoms with van der Waals surface area (Å²) in [6.45, 7) is 3.52. The molecule has 17 heavy (non-hydrogen) atoms. The minimum Gasteiger partial charge on any atom is -0.385 e. The van der Waals surface area contributed by atoms with E-state index < -0.39 is 0 Å². The third-order valence-corrected chi connectivity index (χ3v) is 3.90. The van der Waals surface area contributed by atoms with E-state index in [2.05, 4.69) is 35.5 Å². The monoisotopic (exact) mass is 230 g/mol. The molecular formula is C15H22N2. The molecule has 1 aromatic rings. The number of benzene rings is 1. The molecule has 1 saturated carbocycles. The molecule has 0 amide bonds. The molecule has 0 saturated heterocycles. The summed E-state index contributed by atoms with van der Waals surface area (Å²) in [5.74, 6) is 0.984. The first kappa shape index (κ1) is 11.1. The van der Waals surface area contributed by atoms with Crippen LogP contribution in [0.4, 0.5) is 5.69 Å². The van der Waals surface area contributed by atoms with E-state index in [-0.39, 0.29) is 0 Å². The molecule has 0 bridgehead atoms. The standard InChI is InChI=1S/C15H22N2/c1-17(10-12-7-8-12)11-13-4-2-6-15-14(13)5-3-9-16-15/h2,4,6,12,16H,3,5,7-11H2,1H3. The minimum atomic E-state index is 0.984.